The van der Waals surface area contributed by atoms with E-state index >= 15 is 0 Å². The number of para-hydroxylation sites is 2. The fourth-order valence-electron chi connectivity index (χ4n) is 2.63. The predicted octanol–water partition coefficient (Wildman–Crippen LogP) is 1.51. The third kappa shape index (κ3) is 2.11. The van der Waals surface area contributed by atoms with Gasteiger partial charge in [-0.2, -0.15) is 17.0 Å². The van der Waals surface area contributed by atoms with Crippen LogP contribution >= 0.6 is 0 Å². The van der Waals surface area contributed by atoms with E-state index in [-0.39, 0.29) is 6.04 Å². The fourth-order valence-corrected chi connectivity index (χ4v) is 3.94. The van der Waals surface area contributed by atoms with Crippen LogP contribution in [-0.4, -0.2) is 47.6 Å². The number of hydrogen-bond acceptors (Lipinski definition) is 3. The van der Waals surface area contributed by atoms with Gasteiger partial charge in [-0.3, -0.25) is 0 Å². The van der Waals surface area contributed by atoms with Crippen molar-refractivity contribution in [3.05, 3.63) is 30.1 Å². The topological polar surface area (TPSA) is 69.3 Å². The van der Waals surface area contributed by atoms with Gasteiger partial charge < -0.3 is 4.98 Å². The Bertz CT molecular complexity index is 690. The van der Waals surface area contributed by atoms with Crippen LogP contribution in [-0.2, 0) is 10.2 Å². The van der Waals surface area contributed by atoms with Crippen LogP contribution in [0.3, 0.4) is 0 Å². The fraction of sp³-hybridized carbons (Fsp3) is 0.462. The van der Waals surface area contributed by atoms with Crippen molar-refractivity contribution in [3.63, 3.8) is 0 Å². The third-order valence-electron chi connectivity index (χ3n) is 3.68. The summed E-state index contributed by atoms with van der Waals surface area (Å²) in [5.41, 5.74) is 1.81. The molecule has 0 bridgehead atoms. The second-order valence-electron chi connectivity index (χ2n) is 5.20. The molecule has 1 fully saturated rings. The van der Waals surface area contributed by atoms with Crippen LogP contribution in [0, 0.1) is 0 Å². The molecule has 0 radical (unpaired) electrons. The summed E-state index contributed by atoms with van der Waals surface area (Å²) < 4.78 is 27.5. The molecule has 1 aromatic carbocycles. The van der Waals surface area contributed by atoms with Gasteiger partial charge in [-0.15, -0.1) is 0 Å². The lowest BCUT2D eigenvalue weighted by atomic mass is 10.2. The first-order chi connectivity index (χ1) is 9.50. The van der Waals surface area contributed by atoms with Crippen molar-refractivity contribution in [2.45, 2.75) is 18.9 Å². The highest BCUT2D eigenvalue weighted by molar-refractivity contribution is 7.86. The van der Waals surface area contributed by atoms with Crippen LogP contribution in [0.5, 0.6) is 0 Å². The summed E-state index contributed by atoms with van der Waals surface area (Å²) in [7, 11) is -0.287. The van der Waals surface area contributed by atoms with Gasteiger partial charge in [-0.1, -0.05) is 12.1 Å². The molecule has 1 atom stereocenters. The first-order valence-corrected chi connectivity index (χ1v) is 8.04. The van der Waals surface area contributed by atoms with Crippen LogP contribution < -0.4 is 0 Å². The van der Waals surface area contributed by atoms with E-state index in [1.807, 2.05) is 24.3 Å². The van der Waals surface area contributed by atoms with Gasteiger partial charge in [0.1, 0.15) is 5.82 Å². The van der Waals surface area contributed by atoms with E-state index in [9.17, 15) is 8.42 Å². The Labute approximate surface area is 118 Å². The molecule has 1 aliphatic heterocycles. The molecule has 108 valence electrons. The number of nitrogens with one attached hydrogen (secondary N) is 1. The summed E-state index contributed by atoms with van der Waals surface area (Å²) >= 11 is 0. The highest BCUT2D eigenvalue weighted by Crippen LogP contribution is 2.34. The Balaban J connectivity index is 2.00. The van der Waals surface area contributed by atoms with E-state index in [1.165, 1.54) is 8.61 Å². The number of fused-ring (bicyclic) bond motifs is 1. The van der Waals surface area contributed by atoms with Crippen molar-refractivity contribution in [1.82, 2.24) is 18.6 Å². The lowest BCUT2D eigenvalue weighted by molar-refractivity contribution is 0.354. The molecule has 7 heteroatoms. The lowest BCUT2D eigenvalue weighted by Gasteiger charge is -2.25. The van der Waals surface area contributed by atoms with Gasteiger partial charge in [0.05, 0.1) is 17.1 Å². The number of aromatic amines is 1. The van der Waals surface area contributed by atoms with E-state index in [0.717, 1.165) is 29.7 Å². The number of nitrogens with zero attached hydrogens (tertiary/aromatic N) is 3. The molecule has 2 aromatic rings. The molecule has 1 N–H and O–H groups in total. The summed E-state index contributed by atoms with van der Waals surface area (Å²) in [4.78, 5) is 7.78. The predicted molar refractivity (Wildman–Crippen MR) is 77.4 cm³/mol. The summed E-state index contributed by atoms with van der Waals surface area (Å²) in [6.07, 6.45) is 1.65. The lowest BCUT2D eigenvalue weighted by Crippen LogP contribution is -2.39. The van der Waals surface area contributed by atoms with Gasteiger partial charge in [0, 0.05) is 20.6 Å². The van der Waals surface area contributed by atoms with E-state index in [2.05, 4.69) is 9.97 Å². The Morgan fingerprint density at radius 3 is 2.80 bits per heavy atom. The first-order valence-electron chi connectivity index (χ1n) is 6.64. The number of benzene rings is 1. The molecule has 2 heterocycles. The normalized spacial score (nSPS) is 21.1. The molecule has 6 nitrogen and oxygen atoms in total. The van der Waals surface area contributed by atoms with Crippen LogP contribution in [0.15, 0.2) is 24.3 Å². The quantitative estimate of drug-likeness (QED) is 0.933. The minimum Gasteiger partial charge on any atom is -0.341 e. The molecule has 1 aromatic heterocycles. The number of rotatable bonds is 3. The maximum Gasteiger partial charge on any atom is 0.282 e. The van der Waals surface area contributed by atoms with Gasteiger partial charge >= 0.3 is 0 Å². The Morgan fingerprint density at radius 1 is 1.35 bits per heavy atom. The minimum atomic E-state index is -3.40. The Kier molecular flexibility index (Phi) is 3.27. The van der Waals surface area contributed by atoms with E-state index in [1.54, 1.807) is 14.1 Å². The number of H-pyrrole nitrogens is 1. The molecular weight excluding hydrogens is 276 g/mol. The standard InChI is InChI=1S/C13H18N4O2S/c1-16(2)20(18,19)17-9-5-8-12(17)13-14-10-6-3-4-7-11(10)15-13/h3-4,6-7,12H,5,8-9H2,1-2H3,(H,14,15). The summed E-state index contributed by atoms with van der Waals surface area (Å²) in [6.45, 7) is 0.544. The van der Waals surface area contributed by atoms with Gasteiger partial charge in [0.25, 0.3) is 10.2 Å². The maximum absolute atomic E-state index is 12.3. The number of aromatic nitrogens is 2. The Hall–Kier alpha value is -1.44. The third-order valence-corrected chi connectivity index (χ3v) is 5.64. The molecule has 3 rings (SSSR count). The van der Waals surface area contributed by atoms with Gasteiger partial charge in [0.15, 0.2) is 0 Å². The van der Waals surface area contributed by atoms with Crippen LogP contribution in [0.25, 0.3) is 11.0 Å². The average molecular weight is 294 g/mol. The smallest absolute Gasteiger partial charge is 0.282 e. The first kappa shape index (κ1) is 13.5. The van der Waals surface area contributed by atoms with Crippen molar-refractivity contribution in [1.29, 1.82) is 0 Å². The summed E-state index contributed by atoms with van der Waals surface area (Å²) in [5, 5.41) is 0. The molecule has 0 spiro atoms. The molecule has 1 aliphatic rings. The Morgan fingerprint density at radius 2 is 2.10 bits per heavy atom. The highest BCUT2D eigenvalue weighted by atomic mass is 32.2. The zero-order chi connectivity index (χ0) is 14.3. The maximum atomic E-state index is 12.3. The van der Waals surface area contributed by atoms with Crippen LogP contribution in [0.1, 0.15) is 24.7 Å². The van der Waals surface area contributed by atoms with E-state index in [4.69, 9.17) is 0 Å². The van der Waals surface area contributed by atoms with Crippen molar-refractivity contribution in [2.24, 2.45) is 0 Å². The second kappa shape index (κ2) is 4.83. The summed E-state index contributed by atoms with van der Waals surface area (Å²) in [5.74, 6) is 0.731. The van der Waals surface area contributed by atoms with Crippen molar-refractivity contribution in [2.75, 3.05) is 20.6 Å². The van der Waals surface area contributed by atoms with Crippen molar-refractivity contribution >= 4 is 21.2 Å². The van der Waals surface area contributed by atoms with E-state index in [0.29, 0.717) is 6.54 Å². The van der Waals surface area contributed by atoms with E-state index < -0.39 is 10.2 Å². The van der Waals surface area contributed by atoms with Crippen LogP contribution in [0.4, 0.5) is 0 Å². The molecule has 0 saturated carbocycles. The average Bonchev–Trinajstić information content (AvgIpc) is 3.04. The zero-order valence-corrected chi connectivity index (χ0v) is 12.4. The monoisotopic (exact) mass is 294 g/mol. The molecule has 1 saturated heterocycles. The van der Waals surface area contributed by atoms with Gasteiger partial charge in [0.2, 0.25) is 0 Å². The molecule has 1 unspecified atom stereocenters. The van der Waals surface area contributed by atoms with Crippen molar-refractivity contribution in [3.8, 4) is 0 Å². The molecular formula is C13H18N4O2S. The second-order valence-corrected chi connectivity index (χ2v) is 7.29. The zero-order valence-electron chi connectivity index (χ0n) is 11.6. The summed E-state index contributed by atoms with van der Waals surface area (Å²) in [6, 6.07) is 7.54. The SMILES string of the molecule is CN(C)S(=O)(=O)N1CCCC1c1nc2ccccc2[nH]1. The van der Waals surface area contributed by atoms with Crippen LogP contribution in [0.2, 0.25) is 0 Å². The van der Waals surface area contributed by atoms with Gasteiger partial charge in [-0.25, -0.2) is 4.98 Å². The largest absolute Gasteiger partial charge is 0.341 e. The molecule has 20 heavy (non-hydrogen) atoms. The highest BCUT2D eigenvalue weighted by Gasteiger charge is 2.38. The number of imidazole rings is 1. The van der Waals surface area contributed by atoms with Gasteiger partial charge in [-0.05, 0) is 25.0 Å². The molecule has 0 amide bonds. The van der Waals surface area contributed by atoms with Crippen molar-refractivity contribution < 1.29 is 8.42 Å². The molecule has 0 aliphatic carbocycles. The minimum absolute atomic E-state index is 0.199. The number of hydrogen-bond donors (Lipinski definition) is 1.